The van der Waals surface area contributed by atoms with Gasteiger partial charge in [0.05, 0.1) is 31.8 Å². The van der Waals surface area contributed by atoms with Crippen molar-refractivity contribution in [1.82, 2.24) is 20.3 Å². The molecular weight excluding hydrogens is 913 g/mol. The second-order valence-corrected chi connectivity index (χ2v) is 17.3. The van der Waals surface area contributed by atoms with Gasteiger partial charge >= 0.3 is 6.09 Å². The van der Waals surface area contributed by atoms with Crippen molar-refractivity contribution >= 4 is 35.5 Å². The van der Waals surface area contributed by atoms with Gasteiger partial charge in [-0.05, 0) is 89.0 Å². The van der Waals surface area contributed by atoms with E-state index in [1.807, 2.05) is 49.4 Å². The minimum atomic E-state index is -2.18. The van der Waals surface area contributed by atoms with E-state index in [1.54, 1.807) is 68.8 Å². The number of nitro benzene ring substituents is 1. The number of carbonyl (C=O) groups excluding carboxylic acids is 3. The smallest absolute Gasteiger partial charge is 0.407 e. The topological polar surface area (TPSA) is 217 Å². The van der Waals surface area contributed by atoms with Crippen molar-refractivity contribution in [2.24, 2.45) is 5.73 Å². The largest absolute Gasteiger partial charge is 0.497 e. The van der Waals surface area contributed by atoms with E-state index < -0.39 is 34.7 Å². The number of fused-ring (bicyclic) bond motifs is 3. The molecule has 0 spiro atoms. The van der Waals surface area contributed by atoms with Gasteiger partial charge in [0.1, 0.15) is 28.8 Å². The lowest BCUT2D eigenvalue weighted by molar-refractivity contribution is -0.387. The highest BCUT2D eigenvalue weighted by molar-refractivity contribution is 7.97. The second kappa shape index (κ2) is 23.7. The van der Waals surface area contributed by atoms with Gasteiger partial charge in [-0.1, -0.05) is 97.9 Å². The number of nitrogens with one attached hydrogen (secondary N) is 3. The van der Waals surface area contributed by atoms with Gasteiger partial charge < -0.3 is 34.7 Å². The fourth-order valence-corrected chi connectivity index (χ4v) is 9.02. The van der Waals surface area contributed by atoms with Crippen LogP contribution in [0.25, 0.3) is 11.1 Å². The number of hydrogen-bond acceptors (Lipinski definition) is 13. The first-order valence-electron chi connectivity index (χ1n) is 22.8. The van der Waals surface area contributed by atoms with Crippen LogP contribution >= 0.6 is 11.9 Å². The van der Waals surface area contributed by atoms with Crippen LogP contribution in [0, 0.1) is 10.1 Å². The van der Waals surface area contributed by atoms with E-state index in [9.17, 15) is 29.6 Å². The molecule has 6 aromatic carbocycles. The number of alkyl carbamates (subject to hydrolysis) is 1. The molecule has 0 saturated carbocycles. The Morgan fingerprint density at radius 2 is 1.51 bits per heavy atom. The molecule has 16 nitrogen and oxygen atoms in total. The number of benzene rings is 6. The maximum Gasteiger partial charge on any atom is 0.407 e. The van der Waals surface area contributed by atoms with Gasteiger partial charge in [0.15, 0.2) is 0 Å². The first-order valence-corrected chi connectivity index (χ1v) is 23.6. The van der Waals surface area contributed by atoms with E-state index >= 15 is 0 Å². The van der Waals surface area contributed by atoms with E-state index in [0.717, 1.165) is 45.5 Å². The van der Waals surface area contributed by atoms with Crippen molar-refractivity contribution < 1.29 is 43.4 Å². The normalized spacial score (nSPS) is 12.9. The van der Waals surface area contributed by atoms with Gasteiger partial charge in [-0.15, -0.1) is 0 Å². The first-order chi connectivity index (χ1) is 33.9. The summed E-state index contributed by atoms with van der Waals surface area (Å²) >= 11 is 0.961. The molecule has 7 rings (SSSR count). The molecule has 0 fully saturated rings. The van der Waals surface area contributed by atoms with Crippen molar-refractivity contribution in [2.75, 3.05) is 47.1 Å². The van der Waals surface area contributed by atoms with E-state index in [0.29, 0.717) is 40.5 Å². The molecule has 1 aliphatic carbocycles. The molecule has 70 heavy (non-hydrogen) atoms. The third-order valence-corrected chi connectivity index (χ3v) is 12.8. The molecule has 2 atom stereocenters. The van der Waals surface area contributed by atoms with E-state index in [1.165, 1.54) is 18.2 Å². The van der Waals surface area contributed by atoms with Gasteiger partial charge in [0.2, 0.25) is 11.8 Å². The molecule has 2 unspecified atom stereocenters. The van der Waals surface area contributed by atoms with Crippen LogP contribution in [0.5, 0.6) is 17.2 Å². The Morgan fingerprint density at radius 3 is 2.17 bits per heavy atom. The standard InChI is InChI=1S/C53H56N6O10S/c1-4-28-55-51(61)36-22-27-48(46(32-36)59(64)65)70-56-29-30-58(53(54,63)37-13-6-5-7-14-37)49(60)19-12-31-68-38-23-20-35(21-24-38)50(44-26-25-39(66-2)33-47(44)67-3)57-52(62)69-34-45-42-17-10-8-15-40(42)41-16-9-11-18-43(41)45/h5-11,13-18,20-27,32-33,45,50,56,63H,4,12,19,28-31,34,54H2,1-3H3,(H,55,61)(H,57,62). The Kier molecular flexibility index (Phi) is 17.1. The van der Waals surface area contributed by atoms with Crippen molar-refractivity contribution in [1.29, 1.82) is 0 Å². The Bertz CT molecular complexity index is 2730. The van der Waals surface area contributed by atoms with Gasteiger partial charge in [-0.3, -0.25) is 35.1 Å². The van der Waals surface area contributed by atoms with Gasteiger partial charge in [0, 0.05) is 60.8 Å². The molecule has 17 heteroatoms. The number of ether oxygens (including phenoxy) is 4. The first kappa shape index (κ1) is 50.4. The molecule has 6 aromatic rings. The molecule has 0 heterocycles. The number of nitrogens with zero attached hydrogens (tertiary/aromatic N) is 2. The summed E-state index contributed by atoms with van der Waals surface area (Å²) in [7, 11) is 3.11. The maximum absolute atomic E-state index is 13.8. The third kappa shape index (κ3) is 12.0. The summed E-state index contributed by atoms with van der Waals surface area (Å²) in [6.07, 6.45) is 0.339. The van der Waals surface area contributed by atoms with Gasteiger partial charge in [0.25, 0.3) is 11.6 Å². The van der Waals surface area contributed by atoms with Gasteiger partial charge in [-0.2, -0.15) is 0 Å². The lowest BCUT2D eigenvalue weighted by atomic mass is 9.97. The van der Waals surface area contributed by atoms with Crippen LogP contribution in [-0.4, -0.2) is 79.9 Å². The highest BCUT2D eigenvalue weighted by Crippen LogP contribution is 2.44. The summed E-state index contributed by atoms with van der Waals surface area (Å²) in [5.41, 5.74) is 12.5. The van der Waals surface area contributed by atoms with E-state index in [4.69, 9.17) is 24.7 Å². The number of amides is 3. The molecule has 0 bridgehead atoms. The minimum absolute atomic E-state index is 0.0337. The zero-order chi connectivity index (χ0) is 49.6. The minimum Gasteiger partial charge on any atom is -0.497 e. The number of carbonyl (C=O) groups is 3. The fourth-order valence-electron chi connectivity index (χ4n) is 8.30. The van der Waals surface area contributed by atoms with Crippen LogP contribution in [-0.2, 0) is 15.4 Å². The molecule has 0 radical (unpaired) electrons. The van der Waals surface area contributed by atoms with E-state index in [2.05, 4.69) is 39.6 Å². The molecule has 6 N–H and O–H groups in total. The third-order valence-electron chi connectivity index (χ3n) is 11.9. The fraction of sp³-hybridized carbons (Fsp3) is 0.264. The van der Waals surface area contributed by atoms with Crippen LogP contribution in [0.1, 0.15) is 76.3 Å². The number of hydrogen-bond donors (Lipinski definition) is 5. The number of rotatable bonds is 23. The van der Waals surface area contributed by atoms with Crippen LogP contribution in [0.3, 0.4) is 0 Å². The SMILES string of the molecule is CCCNC(=O)c1ccc(SNCCN(C(=O)CCCOc2ccc(C(NC(=O)OCC3c4ccccc4-c4ccccc43)c3ccc(OC)cc3OC)cc2)C(N)(O)c2ccccc2)c([N+](=O)[O-])c1. The number of methoxy groups -OCH3 is 2. The average molecular weight is 969 g/mol. The summed E-state index contributed by atoms with van der Waals surface area (Å²) in [4.78, 5) is 52.7. The molecule has 364 valence electrons. The highest BCUT2D eigenvalue weighted by atomic mass is 32.2. The van der Waals surface area contributed by atoms with Crippen molar-refractivity contribution in [3.05, 3.63) is 183 Å². The number of nitro groups is 1. The summed E-state index contributed by atoms with van der Waals surface area (Å²) in [6, 6.07) is 40.7. The summed E-state index contributed by atoms with van der Waals surface area (Å²) in [5.74, 6) is -1.57. The van der Waals surface area contributed by atoms with Crippen LogP contribution in [0.15, 0.2) is 144 Å². The van der Waals surface area contributed by atoms with Gasteiger partial charge in [-0.25, -0.2) is 4.79 Å². The lowest BCUT2D eigenvalue weighted by Gasteiger charge is -2.37. The quantitative estimate of drug-likeness (QED) is 0.0134. The molecule has 1 aliphatic rings. The molecule has 0 aliphatic heterocycles. The number of nitrogens with two attached hydrogens (primary N) is 1. The molecule has 0 aromatic heterocycles. The Morgan fingerprint density at radius 1 is 0.843 bits per heavy atom. The summed E-state index contributed by atoms with van der Waals surface area (Å²) in [6.45, 7) is 2.64. The monoisotopic (exact) mass is 968 g/mol. The zero-order valence-electron chi connectivity index (χ0n) is 39.1. The van der Waals surface area contributed by atoms with E-state index in [-0.39, 0.29) is 61.2 Å². The average Bonchev–Trinajstić information content (AvgIpc) is 3.71. The molecule has 3 amide bonds. The number of aliphatic hydroxyl groups is 1. The summed E-state index contributed by atoms with van der Waals surface area (Å²) in [5, 5.41) is 29.3. The van der Waals surface area contributed by atoms with Crippen molar-refractivity contribution in [3.8, 4) is 28.4 Å². The highest BCUT2D eigenvalue weighted by Gasteiger charge is 2.35. The predicted molar refractivity (Wildman–Crippen MR) is 267 cm³/mol. The van der Waals surface area contributed by atoms with Crippen LogP contribution < -0.4 is 35.3 Å². The van der Waals surface area contributed by atoms with Crippen LogP contribution in [0.4, 0.5) is 10.5 Å². The van der Waals surface area contributed by atoms with Crippen molar-refractivity contribution in [2.45, 2.75) is 48.9 Å². The Labute approximate surface area is 410 Å². The Balaban J connectivity index is 0.981. The lowest BCUT2D eigenvalue weighted by Crippen LogP contribution is -2.57. The predicted octanol–water partition coefficient (Wildman–Crippen LogP) is 8.43. The maximum atomic E-state index is 13.8. The zero-order valence-corrected chi connectivity index (χ0v) is 39.9. The Hall–Kier alpha value is -7.44. The molecular formula is C53H56N6O10S. The molecule has 0 saturated heterocycles. The second-order valence-electron chi connectivity index (χ2n) is 16.4. The summed E-state index contributed by atoms with van der Waals surface area (Å²) < 4.78 is 26.2. The van der Waals surface area contributed by atoms with Crippen molar-refractivity contribution in [3.63, 3.8) is 0 Å². The van der Waals surface area contributed by atoms with Crippen LogP contribution in [0.2, 0.25) is 0 Å².